The van der Waals surface area contributed by atoms with Gasteiger partial charge in [-0.2, -0.15) is 0 Å². The number of nitrogens with two attached hydrogens (primary N) is 1. The summed E-state index contributed by atoms with van der Waals surface area (Å²) in [5, 5.41) is 0. The van der Waals surface area contributed by atoms with Crippen LogP contribution < -0.4 is 10.5 Å². The van der Waals surface area contributed by atoms with Gasteiger partial charge in [-0.05, 0) is 36.2 Å². The fourth-order valence-corrected chi connectivity index (χ4v) is 2.80. The van der Waals surface area contributed by atoms with Gasteiger partial charge in [-0.15, -0.1) is 0 Å². The number of benzene rings is 1. The molecule has 0 aliphatic rings. The number of anilines is 1. The number of sulfonamides is 1. The first kappa shape index (κ1) is 13.5. The average Bonchev–Trinajstić information content (AvgIpc) is 2.41. The van der Waals surface area contributed by atoms with Crippen LogP contribution in [0.3, 0.4) is 0 Å². The van der Waals surface area contributed by atoms with E-state index in [2.05, 4.69) is 9.71 Å². The zero-order valence-electron chi connectivity index (χ0n) is 10.5. The normalized spacial score (nSPS) is 11.3. The number of hydrogen-bond donors (Lipinski definition) is 2. The van der Waals surface area contributed by atoms with Gasteiger partial charge in [-0.1, -0.05) is 12.1 Å². The van der Waals surface area contributed by atoms with Crippen molar-refractivity contribution in [2.45, 2.75) is 18.4 Å². The molecule has 1 aromatic heterocycles. The molecule has 100 valence electrons. The van der Waals surface area contributed by atoms with E-state index in [1.165, 1.54) is 12.3 Å². The van der Waals surface area contributed by atoms with Gasteiger partial charge in [0.15, 0.2) is 0 Å². The van der Waals surface area contributed by atoms with Crippen molar-refractivity contribution in [3.05, 3.63) is 53.9 Å². The SMILES string of the molecule is Cc1ccncc1NS(=O)(=O)c1cccc(CN)c1. The number of nitrogens with zero attached hydrogens (tertiary/aromatic N) is 1. The van der Waals surface area contributed by atoms with Crippen molar-refractivity contribution in [2.75, 3.05) is 4.72 Å². The number of nitrogens with one attached hydrogen (secondary N) is 1. The molecule has 0 amide bonds. The predicted octanol–water partition coefficient (Wildman–Crippen LogP) is 1.65. The van der Waals surface area contributed by atoms with E-state index in [4.69, 9.17) is 5.73 Å². The molecular weight excluding hydrogens is 262 g/mol. The summed E-state index contributed by atoms with van der Waals surface area (Å²) >= 11 is 0. The zero-order valence-corrected chi connectivity index (χ0v) is 11.3. The molecule has 5 nitrogen and oxygen atoms in total. The third-order valence-corrected chi connectivity index (χ3v) is 4.09. The highest BCUT2D eigenvalue weighted by molar-refractivity contribution is 7.92. The molecule has 0 saturated carbocycles. The van der Waals surface area contributed by atoms with E-state index in [-0.39, 0.29) is 4.90 Å². The molecule has 0 saturated heterocycles. The van der Waals surface area contributed by atoms with Crippen LogP contribution in [0.4, 0.5) is 5.69 Å². The minimum atomic E-state index is -3.61. The Balaban J connectivity index is 2.35. The van der Waals surface area contributed by atoms with E-state index < -0.39 is 10.0 Å². The lowest BCUT2D eigenvalue weighted by Gasteiger charge is -2.10. The molecule has 19 heavy (non-hydrogen) atoms. The number of pyridine rings is 1. The molecule has 0 radical (unpaired) electrons. The Bertz CT molecular complexity index is 684. The molecule has 2 rings (SSSR count). The Morgan fingerprint density at radius 2 is 2.11 bits per heavy atom. The van der Waals surface area contributed by atoms with Gasteiger partial charge in [0.25, 0.3) is 10.0 Å². The summed E-state index contributed by atoms with van der Waals surface area (Å²) < 4.78 is 27.0. The maximum Gasteiger partial charge on any atom is 0.261 e. The van der Waals surface area contributed by atoms with E-state index in [1.807, 2.05) is 6.92 Å². The van der Waals surface area contributed by atoms with Crippen molar-refractivity contribution in [3.8, 4) is 0 Å². The zero-order chi connectivity index (χ0) is 13.9. The quantitative estimate of drug-likeness (QED) is 0.889. The Kier molecular flexibility index (Phi) is 3.82. The number of aryl methyl sites for hydroxylation is 1. The first-order valence-corrected chi connectivity index (χ1v) is 7.23. The van der Waals surface area contributed by atoms with Crippen LogP contribution >= 0.6 is 0 Å². The van der Waals surface area contributed by atoms with Crippen molar-refractivity contribution in [3.63, 3.8) is 0 Å². The van der Waals surface area contributed by atoms with E-state index in [9.17, 15) is 8.42 Å². The van der Waals surface area contributed by atoms with Crippen LogP contribution in [-0.2, 0) is 16.6 Å². The summed E-state index contributed by atoms with van der Waals surface area (Å²) in [7, 11) is -3.61. The molecule has 0 aliphatic carbocycles. The molecular formula is C13H15N3O2S. The average molecular weight is 277 g/mol. The summed E-state index contributed by atoms with van der Waals surface area (Å²) in [6, 6.07) is 8.30. The van der Waals surface area contributed by atoms with Gasteiger partial charge < -0.3 is 5.73 Å². The van der Waals surface area contributed by atoms with E-state index in [0.29, 0.717) is 12.2 Å². The van der Waals surface area contributed by atoms with Crippen LogP contribution in [0.25, 0.3) is 0 Å². The molecule has 1 heterocycles. The van der Waals surface area contributed by atoms with Crippen LogP contribution in [0.2, 0.25) is 0 Å². The van der Waals surface area contributed by atoms with Gasteiger partial charge >= 0.3 is 0 Å². The second-order valence-electron chi connectivity index (χ2n) is 4.15. The van der Waals surface area contributed by atoms with Gasteiger partial charge in [0.1, 0.15) is 0 Å². The third-order valence-electron chi connectivity index (χ3n) is 2.73. The van der Waals surface area contributed by atoms with Crippen LogP contribution in [0.1, 0.15) is 11.1 Å². The molecule has 0 unspecified atom stereocenters. The lowest BCUT2D eigenvalue weighted by molar-refractivity contribution is 0.601. The lowest BCUT2D eigenvalue weighted by atomic mass is 10.2. The van der Waals surface area contributed by atoms with E-state index in [1.54, 1.807) is 30.5 Å². The lowest BCUT2D eigenvalue weighted by Crippen LogP contribution is -2.14. The second-order valence-corrected chi connectivity index (χ2v) is 5.83. The highest BCUT2D eigenvalue weighted by Crippen LogP contribution is 2.18. The molecule has 0 spiro atoms. The Hall–Kier alpha value is -1.92. The van der Waals surface area contributed by atoms with Gasteiger partial charge in [0.05, 0.1) is 16.8 Å². The molecule has 0 bridgehead atoms. The molecule has 0 atom stereocenters. The van der Waals surface area contributed by atoms with Gasteiger partial charge in [-0.3, -0.25) is 9.71 Å². The number of hydrogen-bond acceptors (Lipinski definition) is 4. The Labute approximate surface area is 112 Å². The second kappa shape index (κ2) is 5.38. The van der Waals surface area contributed by atoms with Gasteiger partial charge in [-0.25, -0.2) is 8.42 Å². The monoisotopic (exact) mass is 277 g/mol. The Morgan fingerprint density at radius 3 is 2.79 bits per heavy atom. The first-order chi connectivity index (χ1) is 9.03. The van der Waals surface area contributed by atoms with E-state index in [0.717, 1.165) is 11.1 Å². The first-order valence-electron chi connectivity index (χ1n) is 5.75. The van der Waals surface area contributed by atoms with Crippen LogP contribution in [0, 0.1) is 6.92 Å². The molecule has 0 aliphatic heterocycles. The number of rotatable bonds is 4. The predicted molar refractivity (Wildman–Crippen MR) is 74.1 cm³/mol. The molecule has 6 heteroatoms. The molecule has 0 fully saturated rings. The summed E-state index contributed by atoms with van der Waals surface area (Å²) in [4.78, 5) is 4.10. The molecule has 2 aromatic rings. The topological polar surface area (TPSA) is 85.1 Å². The van der Waals surface area contributed by atoms with Crippen molar-refractivity contribution in [1.82, 2.24) is 4.98 Å². The van der Waals surface area contributed by atoms with Crippen molar-refractivity contribution in [2.24, 2.45) is 5.73 Å². The van der Waals surface area contributed by atoms with Crippen molar-refractivity contribution < 1.29 is 8.42 Å². The van der Waals surface area contributed by atoms with Gasteiger partial charge in [0.2, 0.25) is 0 Å². The smallest absolute Gasteiger partial charge is 0.261 e. The highest BCUT2D eigenvalue weighted by atomic mass is 32.2. The van der Waals surface area contributed by atoms with Gasteiger partial charge in [0, 0.05) is 12.7 Å². The van der Waals surface area contributed by atoms with Crippen LogP contribution in [-0.4, -0.2) is 13.4 Å². The fraction of sp³-hybridized carbons (Fsp3) is 0.154. The molecule has 3 N–H and O–H groups in total. The van der Waals surface area contributed by atoms with Crippen LogP contribution in [0.5, 0.6) is 0 Å². The summed E-state index contributed by atoms with van der Waals surface area (Å²) in [5.74, 6) is 0. The molecule has 1 aromatic carbocycles. The third kappa shape index (κ3) is 3.10. The van der Waals surface area contributed by atoms with Crippen molar-refractivity contribution >= 4 is 15.7 Å². The number of aromatic nitrogens is 1. The Morgan fingerprint density at radius 1 is 1.32 bits per heavy atom. The minimum Gasteiger partial charge on any atom is -0.326 e. The standard InChI is InChI=1S/C13H15N3O2S/c1-10-5-6-15-9-13(10)16-19(17,18)12-4-2-3-11(7-12)8-14/h2-7,9,16H,8,14H2,1H3. The largest absolute Gasteiger partial charge is 0.326 e. The summed E-state index contributed by atoms with van der Waals surface area (Å²) in [5.41, 5.74) is 7.57. The highest BCUT2D eigenvalue weighted by Gasteiger charge is 2.15. The minimum absolute atomic E-state index is 0.193. The maximum atomic E-state index is 12.2. The summed E-state index contributed by atoms with van der Waals surface area (Å²) in [6.45, 7) is 2.12. The maximum absolute atomic E-state index is 12.2. The summed E-state index contributed by atoms with van der Waals surface area (Å²) in [6.07, 6.45) is 3.10. The van der Waals surface area contributed by atoms with E-state index >= 15 is 0 Å². The fourth-order valence-electron chi connectivity index (χ4n) is 1.61. The van der Waals surface area contributed by atoms with Crippen LogP contribution in [0.15, 0.2) is 47.6 Å². The van der Waals surface area contributed by atoms with Crippen molar-refractivity contribution in [1.29, 1.82) is 0 Å².